The molecule has 0 atom stereocenters. The molecule has 1 aromatic carbocycles. The average Bonchev–Trinajstić information content (AvgIpc) is 2.86. The van der Waals surface area contributed by atoms with Crippen LogP contribution >= 0.6 is 0 Å². The lowest BCUT2D eigenvalue weighted by Gasteiger charge is -2.06. The minimum absolute atomic E-state index is 0.336. The Morgan fingerprint density at radius 3 is 3.00 bits per heavy atom. The maximum atomic E-state index is 8.97. The smallest absolute Gasteiger partial charge is 0.217 e. The van der Waals surface area contributed by atoms with Crippen LogP contribution < -0.4 is 0 Å². The third-order valence-electron chi connectivity index (χ3n) is 2.53. The number of fused-ring (bicyclic) bond motifs is 1. The van der Waals surface area contributed by atoms with Crippen molar-refractivity contribution in [2.24, 2.45) is 0 Å². The summed E-state index contributed by atoms with van der Waals surface area (Å²) in [5.74, 6) is 0.336. The molecule has 0 unspecified atom stereocenters. The number of benzene rings is 1. The molecule has 2 aromatic heterocycles. The highest BCUT2D eigenvalue weighted by molar-refractivity contribution is 5.86. The largest absolute Gasteiger partial charge is 0.289 e. The number of hydrogen-bond donors (Lipinski definition) is 0. The van der Waals surface area contributed by atoms with E-state index in [1.807, 2.05) is 30.3 Å². The van der Waals surface area contributed by atoms with Crippen LogP contribution in [0, 0.1) is 11.3 Å². The Hall–Kier alpha value is -2.74. The van der Waals surface area contributed by atoms with Crippen molar-refractivity contribution in [1.29, 1.82) is 5.26 Å². The third kappa shape index (κ3) is 1.43. The molecule has 17 heavy (non-hydrogen) atoms. The summed E-state index contributed by atoms with van der Waals surface area (Å²) >= 11 is 0. The van der Waals surface area contributed by atoms with E-state index in [-0.39, 0.29) is 0 Å². The van der Waals surface area contributed by atoms with Crippen LogP contribution in [0.5, 0.6) is 0 Å². The van der Waals surface area contributed by atoms with Crippen LogP contribution in [0.4, 0.5) is 0 Å². The second-order valence-electron chi connectivity index (χ2n) is 3.48. The lowest BCUT2D eigenvalue weighted by atomic mass is 10.2. The summed E-state index contributed by atoms with van der Waals surface area (Å²) in [6.45, 7) is 0. The molecule has 80 valence electrons. The number of rotatable bonds is 1. The van der Waals surface area contributed by atoms with E-state index in [0.717, 1.165) is 16.6 Å². The molecular weight excluding hydrogens is 214 g/mol. The van der Waals surface area contributed by atoms with Gasteiger partial charge in [0.1, 0.15) is 6.07 Å². The normalized spacial score (nSPS) is 10.3. The van der Waals surface area contributed by atoms with Crippen molar-refractivity contribution in [3.05, 3.63) is 48.7 Å². The van der Waals surface area contributed by atoms with E-state index in [4.69, 9.17) is 5.26 Å². The Morgan fingerprint density at radius 2 is 2.12 bits per heavy atom. The Balaban J connectivity index is 2.35. The molecule has 0 aliphatic heterocycles. The van der Waals surface area contributed by atoms with E-state index in [9.17, 15) is 0 Å². The number of aromatic nitrogens is 4. The van der Waals surface area contributed by atoms with Crippen LogP contribution in [0.25, 0.3) is 16.6 Å². The van der Waals surface area contributed by atoms with Crippen molar-refractivity contribution in [2.75, 3.05) is 0 Å². The molecule has 0 N–H and O–H groups in total. The van der Waals surface area contributed by atoms with Crippen LogP contribution in [-0.2, 0) is 0 Å². The fraction of sp³-hybridized carbons (Fsp3) is 0. The van der Waals surface area contributed by atoms with Gasteiger partial charge in [0.15, 0.2) is 0 Å². The van der Waals surface area contributed by atoms with Crippen LogP contribution in [0.2, 0.25) is 0 Å². The molecule has 0 saturated carbocycles. The minimum Gasteiger partial charge on any atom is -0.289 e. The topological polar surface area (TPSA) is 67.4 Å². The van der Waals surface area contributed by atoms with Gasteiger partial charge in [0.2, 0.25) is 5.82 Å². The molecule has 3 aromatic rings. The summed E-state index contributed by atoms with van der Waals surface area (Å²) < 4.78 is 1.71. The maximum absolute atomic E-state index is 8.97. The molecule has 0 amide bonds. The Bertz CT molecular complexity index is 718. The fourth-order valence-corrected chi connectivity index (χ4v) is 1.77. The molecule has 5 heteroatoms. The first-order valence-electron chi connectivity index (χ1n) is 5.04. The highest BCUT2D eigenvalue weighted by Crippen LogP contribution is 2.19. The van der Waals surface area contributed by atoms with Crippen molar-refractivity contribution in [3.8, 4) is 11.8 Å². The predicted octanol–water partition coefficient (Wildman–Crippen LogP) is 1.69. The van der Waals surface area contributed by atoms with E-state index < -0.39 is 0 Å². The standard InChI is InChI=1S/C12H7N5/c13-7-12-14-5-6-17(12)11-8-15-16-10-4-2-1-3-9(10)11/h1-6,8H. The van der Waals surface area contributed by atoms with E-state index >= 15 is 0 Å². The zero-order valence-corrected chi connectivity index (χ0v) is 8.78. The van der Waals surface area contributed by atoms with E-state index in [0.29, 0.717) is 5.82 Å². The van der Waals surface area contributed by atoms with Gasteiger partial charge in [0.05, 0.1) is 17.4 Å². The Morgan fingerprint density at radius 1 is 1.24 bits per heavy atom. The van der Waals surface area contributed by atoms with Crippen LogP contribution in [0.15, 0.2) is 42.9 Å². The first-order chi connectivity index (χ1) is 8.40. The second-order valence-corrected chi connectivity index (χ2v) is 3.48. The molecule has 0 aliphatic rings. The van der Waals surface area contributed by atoms with Gasteiger partial charge in [0.25, 0.3) is 0 Å². The van der Waals surface area contributed by atoms with Gasteiger partial charge in [-0.1, -0.05) is 18.2 Å². The highest BCUT2D eigenvalue weighted by Gasteiger charge is 2.08. The zero-order valence-electron chi connectivity index (χ0n) is 8.78. The van der Waals surface area contributed by atoms with Crippen molar-refractivity contribution in [2.45, 2.75) is 0 Å². The van der Waals surface area contributed by atoms with Crippen molar-refractivity contribution in [3.63, 3.8) is 0 Å². The van der Waals surface area contributed by atoms with Crippen LogP contribution in [-0.4, -0.2) is 19.7 Å². The van der Waals surface area contributed by atoms with Gasteiger partial charge < -0.3 is 0 Å². The lowest BCUT2D eigenvalue weighted by molar-refractivity contribution is 0.985. The van der Waals surface area contributed by atoms with Gasteiger partial charge in [-0.05, 0) is 6.07 Å². The summed E-state index contributed by atoms with van der Waals surface area (Å²) in [7, 11) is 0. The summed E-state index contributed by atoms with van der Waals surface area (Å²) in [6.07, 6.45) is 4.96. The SMILES string of the molecule is N#Cc1nccn1-c1cnnc2ccccc12. The molecule has 0 saturated heterocycles. The number of imidazole rings is 1. The molecular formula is C12H7N5. The highest BCUT2D eigenvalue weighted by atomic mass is 15.1. The van der Waals surface area contributed by atoms with Crippen molar-refractivity contribution < 1.29 is 0 Å². The monoisotopic (exact) mass is 221 g/mol. The molecule has 0 fully saturated rings. The van der Waals surface area contributed by atoms with Gasteiger partial charge in [-0.15, -0.1) is 0 Å². The Labute approximate surface area is 97.0 Å². The molecule has 3 rings (SSSR count). The predicted molar refractivity (Wildman–Crippen MR) is 61.4 cm³/mol. The number of hydrogen-bond acceptors (Lipinski definition) is 4. The zero-order chi connectivity index (χ0) is 11.7. The van der Waals surface area contributed by atoms with Crippen molar-refractivity contribution >= 4 is 10.9 Å². The van der Waals surface area contributed by atoms with Crippen LogP contribution in [0.1, 0.15) is 5.82 Å². The molecule has 0 radical (unpaired) electrons. The third-order valence-corrected chi connectivity index (χ3v) is 2.53. The van der Waals surface area contributed by atoms with Gasteiger partial charge in [0, 0.05) is 17.8 Å². The first kappa shape index (κ1) is 9.48. The van der Waals surface area contributed by atoms with Gasteiger partial charge in [-0.25, -0.2) is 4.98 Å². The first-order valence-corrected chi connectivity index (χ1v) is 5.04. The quantitative estimate of drug-likeness (QED) is 0.627. The number of nitriles is 1. The van der Waals surface area contributed by atoms with Gasteiger partial charge in [-0.2, -0.15) is 15.5 Å². The summed E-state index contributed by atoms with van der Waals surface area (Å²) in [6, 6.07) is 9.70. The van der Waals surface area contributed by atoms with E-state index in [2.05, 4.69) is 15.2 Å². The van der Waals surface area contributed by atoms with E-state index in [1.165, 1.54) is 0 Å². The summed E-state index contributed by atoms with van der Waals surface area (Å²) in [5.41, 5.74) is 1.60. The molecule has 0 spiro atoms. The fourth-order valence-electron chi connectivity index (χ4n) is 1.77. The second kappa shape index (κ2) is 3.68. The van der Waals surface area contributed by atoms with Crippen molar-refractivity contribution in [1.82, 2.24) is 19.7 Å². The number of nitrogens with zero attached hydrogens (tertiary/aromatic N) is 5. The average molecular weight is 221 g/mol. The molecule has 5 nitrogen and oxygen atoms in total. The Kier molecular flexibility index (Phi) is 2.06. The van der Waals surface area contributed by atoms with Gasteiger partial charge >= 0.3 is 0 Å². The summed E-state index contributed by atoms with van der Waals surface area (Å²) in [5, 5.41) is 17.9. The molecule has 2 heterocycles. The molecule has 0 bridgehead atoms. The van der Waals surface area contributed by atoms with E-state index in [1.54, 1.807) is 23.2 Å². The summed E-state index contributed by atoms with van der Waals surface area (Å²) in [4.78, 5) is 3.97. The minimum atomic E-state index is 0.336. The van der Waals surface area contributed by atoms with Gasteiger partial charge in [-0.3, -0.25) is 4.57 Å². The van der Waals surface area contributed by atoms with Crippen LogP contribution in [0.3, 0.4) is 0 Å². The molecule has 0 aliphatic carbocycles. The maximum Gasteiger partial charge on any atom is 0.217 e. The lowest BCUT2D eigenvalue weighted by Crippen LogP contribution is -1.99.